The third kappa shape index (κ3) is 4.33. The van der Waals surface area contributed by atoms with Gasteiger partial charge in [-0.05, 0) is 31.2 Å². The number of nitrogens with one attached hydrogen (secondary N) is 2. The standard InChI is InChI=1S/C20H19N3O4/c1-13-7-9-15(10-8-13)21-18(24)12-27-17-6-4-3-5-14(17)11-16-19(25)23(2)20(26)22-16/h3-11H,12H2,1-2H3,(H,21,24)(H,22,26)/b16-11+. The fraction of sp³-hybridized carbons (Fsp3) is 0.150. The summed E-state index contributed by atoms with van der Waals surface area (Å²) in [5.74, 6) is -0.293. The fourth-order valence-corrected chi connectivity index (χ4v) is 2.49. The number of nitrogens with zero attached hydrogens (tertiary/aromatic N) is 1. The van der Waals surface area contributed by atoms with Crippen molar-refractivity contribution in [2.75, 3.05) is 19.0 Å². The lowest BCUT2D eigenvalue weighted by atomic mass is 10.1. The molecule has 0 radical (unpaired) electrons. The lowest BCUT2D eigenvalue weighted by Gasteiger charge is -2.10. The SMILES string of the molecule is Cc1ccc(NC(=O)COc2ccccc2/C=C2/NC(=O)N(C)C2=O)cc1. The van der Waals surface area contributed by atoms with E-state index in [9.17, 15) is 14.4 Å². The van der Waals surface area contributed by atoms with Gasteiger partial charge in [0, 0.05) is 18.3 Å². The van der Waals surface area contributed by atoms with E-state index in [1.807, 2.05) is 31.2 Å². The van der Waals surface area contributed by atoms with Crippen molar-refractivity contribution < 1.29 is 19.1 Å². The van der Waals surface area contributed by atoms with Gasteiger partial charge in [0.25, 0.3) is 11.8 Å². The van der Waals surface area contributed by atoms with Gasteiger partial charge in [-0.3, -0.25) is 14.5 Å². The van der Waals surface area contributed by atoms with Crippen molar-refractivity contribution in [1.29, 1.82) is 0 Å². The molecule has 2 aromatic rings. The van der Waals surface area contributed by atoms with Gasteiger partial charge in [0.05, 0.1) is 0 Å². The maximum absolute atomic E-state index is 12.1. The Bertz CT molecular complexity index is 919. The molecule has 0 bridgehead atoms. The Kier molecular flexibility index (Phi) is 5.21. The molecule has 0 atom stereocenters. The number of urea groups is 1. The highest BCUT2D eigenvalue weighted by Crippen LogP contribution is 2.22. The van der Waals surface area contributed by atoms with Crippen LogP contribution in [-0.2, 0) is 9.59 Å². The van der Waals surface area contributed by atoms with Gasteiger partial charge in [-0.1, -0.05) is 35.9 Å². The number of ether oxygens (including phenoxy) is 1. The zero-order valence-electron chi connectivity index (χ0n) is 15.0. The molecule has 3 rings (SSSR count). The van der Waals surface area contributed by atoms with Gasteiger partial charge in [0.2, 0.25) is 0 Å². The Balaban J connectivity index is 1.68. The van der Waals surface area contributed by atoms with Crippen molar-refractivity contribution in [1.82, 2.24) is 10.2 Å². The van der Waals surface area contributed by atoms with Crippen LogP contribution in [0.5, 0.6) is 5.75 Å². The predicted octanol–water partition coefficient (Wildman–Crippen LogP) is 2.54. The summed E-state index contributed by atoms with van der Waals surface area (Å²) >= 11 is 0. The molecule has 1 heterocycles. The van der Waals surface area contributed by atoms with E-state index >= 15 is 0 Å². The molecular weight excluding hydrogens is 346 g/mol. The summed E-state index contributed by atoms with van der Waals surface area (Å²) in [5, 5.41) is 5.25. The monoisotopic (exact) mass is 365 g/mol. The molecule has 7 heteroatoms. The summed E-state index contributed by atoms with van der Waals surface area (Å²) in [5.41, 5.74) is 2.53. The zero-order chi connectivity index (χ0) is 19.4. The number of carbonyl (C=O) groups excluding carboxylic acids is 3. The topological polar surface area (TPSA) is 87.7 Å². The van der Waals surface area contributed by atoms with Crippen molar-refractivity contribution in [2.45, 2.75) is 6.92 Å². The maximum atomic E-state index is 12.1. The molecule has 2 aromatic carbocycles. The van der Waals surface area contributed by atoms with Crippen molar-refractivity contribution in [3.05, 3.63) is 65.4 Å². The summed E-state index contributed by atoms with van der Waals surface area (Å²) in [6.45, 7) is 1.78. The van der Waals surface area contributed by atoms with Gasteiger partial charge < -0.3 is 15.4 Å². The smallest absolute Gasteiger partial charge is 0.328 e. The van der Waals surface area contributed by atoms with Crippen molar-refractivity contribution in [3.8, 4) is 5.75 Å². The molecular formula is C20H19N3O4. The van der Waals surface area contributed by atoms with Crippen LogP contribution < -0.4 is 15.4 Å². The third-order valence-electron chi connectivity index (χ3n) is 3.99. The second-order valence-corrected chi connectivity index (χ2v) is 6.09. The average Bonchev–Trinajstić information content (AvgIpc) is 2.90. The van der Waals surface area contributed by atoms with Crippen LogP contribution in [0, 0.1) is 6.92 Å². The van der Waals surface area contributed by atoms with E-state index in [0.29, 0.717) is 17.0 Å². The molecule has 1 saturated heterocycles. The van der Waals surface area contributed by atoms with Gasteiger partial charge in [-0.2, -0.15) is 0 Å². The lowest BCUT2D eigenvalue weighted by Crippen LogP contribution is -2.25. The first-order valence-corrected chi connectivity index (χ1v) is 8.33. The molecule has 1 aliphatic rings. The van der Waals surface area contributed by atoms with Crippen LogP contribution in [0.25, 0.3) is 6.08 Å². The third-order valence-corrected chi connectivity index (χ3v) is 3.99. The number of carbonyl (C=O) groups is 3. The van der Waals surface area contributed by atoms with Gasteiger partial charge in [-0.25, -0.2) is 4.79 Å². The Hall–Kier alpha value is -3.61. The first-order chi connectivity index (χ1) is 12.9. The molecule has 0 saturated carbocycles. The number of hydrogen-bond donors (Lipinski definition) is 2. The van der Waals surface area contributed by atoms with Gasteiger partial charge in [0.15, 0.2) is 6.61 Å². The molecule has 0 spiro atoms. The molecule has 138 valence electrons. The van der Waals surface area contributed by atoms with Crippen LogP contribution in [0.2, 0.25) is 0 Å². The van der Waals surface area contributed by atoms with E-state index in [1.165, 1.54) is 13.1 Å². The Labute approximate surface area is 156 Å². The average molecular weight is 365 g/mol. The zero-order valence-corrected chi connectivity index (χ0v) is 15.0. The van der Waals surface area contributed by atoms with Crippen molar-refractivity contribution >= 4 is 29.6 Å². The van der Waals surface area contributed by atoms with Gasteiger partial charge in [0.1, 0.15) is 11.4 Å². The highest BCUT2D eigenvalue weighted by Gasteiger charge is 2.30. The normalized spacial score (nSPS) is 15.0. The number of benzene rings is 2. The molecule has 0 aromatic heterocycles. The molecule has 0 unspecified atom stereocenters. The van der Waals surface area contributed by atoms with Crippen LogP contribution in [0.1, 0.15) is 11.1 Å². The van der Waals surface area contributed by atoms with E-state index in [0.717, 1.165) is 10.5 Å². The second-order valence-electron chi connectivity index (χ2n) is 6.09. The van der Waals surface area contributed by atoms with Gasteiger partial charge in [-0.15, -0.1) is 0 Å². The number of hydrogen-bond acceptors (Lipinski definition) is 4. The minimum Gasteiger partial charge on any atom is -0.483 e. The second kappa shape index (κ2) is 7.74. The minimum atomic E-state index is -0.484. The summed E-state index contributed by atoms with van der Waals surface area (Å²) in [4.78, 5) is 36.6. The number of imide groups is 1. The quantitative estimate of drug-likeness (QED) is 0.630. The fourth-order valence-electron chi connectivity index (χ4n) is 2.49. The predicted molar refractivity (Wildman–Crippen MR) is 101 cm³/mol. The first kappa shape index (κ1) is 18.2. The van der Waals surface area contributed by atoms with Crippen molar-refractivity contribution in [2.24, 2.45) is 0 Å². The Morgan fingerprint density at radius 1 is 1.15 bits per heavy atom. The van der Waals surface area contributed by atoms with Crippen LogP contribution in [0.15, 0.2) is 54.2 Å². The number of anilines is 1. The van der Waals surface area contributed by atoms with Crippen LogP contribution in [0.3, 0.4) is 0 Å². The van der Waals surface area contributed by atoms with E-state index in [4.69, 9.17) is 4.74 Å². The number of para-hydroxylation sites is 1. The highest BCUT2D eigenvalue weighted by molar-refractivity contribution is 6.13. The maximum Gasteiger partial charge on any atom is 0.328 e. The number of rotatable bonds is 5. The Morgan fingerprint density at radius 2 is 1.85 bits per heavy atom. The van der Waals surface area contributed by atoms with E-state index in [-0.39, 0.29) is 18.2 Å². The van der Waals surface area contributed by atoms with E-state index in [2.05, 4.69) is 10.6 Å². The molecule has 0 aliphatic carbocycles. The molecule has 1 aliphatic heterocycles. The summed E-state index contributed by atoms with van der Waals surface area (Å²) in [6.07, 6.45) is 1.52. The Morgan fingerprint density at radius 3 is 2.52 bits per heavy atom. The van der Waals surface area contributed by atoms with E-state index in [1.54, 1.807) is 24.3 Å². The van der Waals surface area contributed by atoms with Crippen molar-refractivity contribution in [3.63, 3.8) is 0 Å². The molecule has 4 amide bonds. The molecule has 7 nitrogen and oxygen atoms in total. The summed E-state index contributed by atoms with van der Waals surface area (Å²) in [7, 11) is 1.40. The number of aryl methyl sites for hydroxylation is 1. The summed E-state index contributed by atoms with van der Waals surface area (Å²) in [6, 6.07) is 13.9. The molecule has 2 N–H and O–H groups in total. The number of likely N-dealkylation sites (N-methyl/N-ethyl adjacent to an activating group) is 1. The molecule has 1 fully saturated rings. The highest BCUT2D eigenvalue weighted by atomic mass is 16.5. The lowest BCUT2D eigenvalue weighted by molar-refractivity contribution is -0.122. The van der Waals surface area contributed by atoms with Crippen LogP contribution in [0.4, 0.5) is 10.5 Å². The van der Waals surface area contributed by atoms with Crippen LogP contribution in [-0.4, -0.2) is 36.4 Å². The number of amides is 4. The largest absolute Gasteiger partial charge is 0.483 e. The first-order valence-electron chi connectivity index (χ1n) is 8.33. The van der Waals surface area contributed by atoms with Crippen LogP contribution >= 0.6 is 0 Å². The van der Waals surface area contributed by atoms with Gasteiger partial charge >= 0.3 is 6.03 Å². The minimum absolute atomic E-state index is 0.155. The van der Waals surface area contributed by atoms with E-state index < -0.39 is 11.9 Å². The molecule has 27 heavy (non-hydrogen) atoms. The summed E-state index contributed by atoms with van der Waals surface area (Å²) < 4.78 is 5.60.